The molecular formula is C21H20F5N3O2. The Morgan fingerprint density at radius 2 is 1.87 bits per heavy atom. The number of rotatable bonds is 4. The Balaban J connectivity index is 1.58. The van der Waals surface area contributed by atoms with Crippen molar-refractivity contribution in [3.05, 3.63) is 65.2 Å². The molecule has 3 rings (SSSR count). The summed E-state index contributed by atoms with van der Waals surface area (Å²) in [6.07, 6.45) is -3.58. The Kier molecular flexibility index (Phi) is 6.77. The molecule has 1 aliphatic rings. The first-order valence-electron chi connectivity index (χ1n) is 9.60. The van der Waals surface area contributed by atoms with Gasteiger partial charge in [-0.1, -0.05) is 6.07 Å². The van der Waals surface area contributed by atoms with Gasteiger partial charge in [-0.25, -0.2) is 13.6 Å². The lowest BCUT2D eigenvalue weighted by Crippen LogP contribution is -2.44. The van der Waals surface area contributed by atoms with E-state index in [0.717, 1.165) is 6.07 Å². The number of hydrogen-bond donors (Lipinski definition) is 2. The number of piperidine rings is 1. The van der Waals surface area contributed by atoms with Crippen LogP contribution in [0.2, 0.25) is 0 Å². The Labute approximate surface area is 175 Å². The highest BCUT2D eigenvalue weighted by Crippen LogP contribution is 2.32. The van der Waals surface area contributed by atoms with Crippen molar-refractivity contribution in [3.8, 4) is 0 Å². The zero-order valence-corrected chi connectivity index (χ0v) is 16.3. The first-order chi connectivity index (χ1) is 14.6. The van der Waals surface area contributed by atoms with E-state index in [-0.39, 0.29) is 30.3 Å². The number of carbonyl (C=O) groups is 2. The molecule has 1 heterocycles. The molecule has 1 aliphatic heterocycles. The van der Waals surface area contributed by atoms with Gasteiger partial charge in [0, 0.05) is 30.9 Å². The highest BCUT2D eigenvalue weighted by Gasteiger charge is 2.35. The summed E-state index contributed by atoms with van der Waals surface area (Å²) in [7, 11) is 0. The van der Waals surface area contributed by atoms with Gasteiger partial charge in [-0.3, -0.25) is 4.79 Å². The zero-order chi connectivity index (χ0) is 22.6. The van der Waals surface area contributed by atoms with E-state index in [0.29, 0.717) is 31.5 Å². The average Bonchev–Trinajstić information content (AvgIpc) is 2.71. The molecule has 2 aromatic rings. The maximum Gasteiger partial charge on any atom is 0.419 e. The van der Waals surface area contributed by atoms with Crippen molar-refractivity contribution in [2.24, 2.45) is 5.92 Å². The number of nitrogens with one attached hydrogen (secondary N) is 2. The number of alkyl halides is 3. The van der Waals surface area contributed by atoms with E-state index in [4.69, 9.17) is 0 Å². The van der Waals surface area contributed by atoms with E-state index in [9.17, 15) is 31.5 Å². The second-order valence-electron chi connectivity index (χ2n) is 7.30. The van der Waals surface area contributed by atoms with Crippen LogP contribution in [0.5, 0.6) is 0 Å². The predicted octanol–water partition coefficient (Wildman–Crippen LogP) is 4.66. The fourth-order valence-corrected chi connectivity index (χ4v) is 3.45. The van der Waals surface area contributed by atoms with Crippen molar-refractivity contribution in [2.75, 3.05) is 25.0 Å². The molecule has 0 radical (unpaired) electrons. The third-order valence-corrected chi connectivity index (χ3v) is 4.96. The monoisotopic (exact) mass is 441 g/mol. The number of hydrogen-bond acceptors (Lipinski definition) is 2. The number of halogens is 5. The van der Waals surface area contributed by atoms with Crippen molar-refractivity contribution in [1.29, 1.82) is 0 Å². The van der Waals surface area contributed by atoms with Crippen molar-refractivity contribution >= 4 is 17.6 Å². The van der Waals surface area contributed by atoms with E-state index < -0.39 is 35.3 Å². The Bertz CT molecular complexity index is 964. The SMILES string of the molecule is O=C(NCC1CCCN(C(=O)c2ccc(F)c(C(F)(F)F)c2)C1)Nc1cccc(F)c1. The van der Waals surface area contributed by atoms with Crippen LogP contribution in [0, 0.1) is 17.6 Å². The van der Waals surface area contributed by atoms with E-state index in [1.165, 1.54) is 29.2 Å². The summed E-state index contributed by atoms with van der Waals surface area (Å²) in [6, 6.07) is 7.04. The van der Waals surface area contributed by atoms with Crippen LogP contribution in [0.15, 0.2) is 42.5 Å². The first kappa shape index (κ1) is 22.5. The number of amides is 3. The highest BCUT2D eigenvalue weighted by molar-refractivity contribution is 5.94. The number of carbonyl (C=O) groups excluding carboxylic acids is 2. The maximum absolute atomic E-state index is 13.5. The van der Waals surface area contributed by atoms with Gasteiger partial charge in [-0.05, 0) is 55.2 Å². The van der Waals surface area contributed by atoms with Gasteiger partial charge >= 0.3 is 12.2 Å². The van der Waals surface area contributed by atoms with Crippen LogP contribution in [0.25, 0.3) is 0 Å². The second kappa shape index (κ2) is 9.32. The van der Waals surface area contributed by atoms with Crippen LogP contribution in [-0.2, 0) is 6.18 Å². The molecule has 1 fully saturated rings. The van der Waals surface area contributed by atoms with Crippen LogP contribution in [0.1, 0.15) is 28.8 Å². The van der Waals surface area contributed by atoms with Gasteiger partial charge in [-0.15, -0.1) is 0 Å². The summed E-state index contributed by atoms with van der Waals surface area (Å²) in [5, 5.41) is 5.14. The van der Waals surface area contributed by atoms with E-state index >= 15 is 0 Å². The standard InChI is InChI=1S/C21H20F5N3O2/c22-15-4-1-5-16(10-15)28-20(31)27-11-13-3-2-8-29(12-13)19(30)14-6-7-18(23)17(9-14)21(24,25)26/h1,4-7,9-10,13H,2-3,8,11-12H2,(H2,27,28,31). The van der Waals surface area contributed by atoms with Gasteiger partial charge in [0.1, 0.15) is 11.6 Å². The molecule has 0 bridgehead atoms. The Hall–Kier alpha value is -3.17. The fraction of sp³-hybridized carbons (Fsp3) is 0.333. The second-order valence-corrected chi connectivity index (χ2v) is 7.30. The van der Waals surface area contributed by atoms with Crippen molar-refractivity contribution in [2.45, 2.75) is 19.0 Å². The van der Waals surface area contributed by atoms with Crippen molar-refractivity contribution < 1.29 is 31.5 Å². The molecular weight excluding hydrogens is 421 g/mol. The van der Waals surface area contributed by atoms with Gasteiger partial charge < -0.3 is 15.5 Å². The summed E-state index contributed by atoms with van der Waals surface area (Å²) in [4.78, 5) is 26.0. The largest absolute Gasteiger partial charge is 0.419 e. The summed E-state index contributed by atoms with van der Waals surface area (Å²) >= 11 is 0. The summed E-state index contributed by atoms with van der Waals surface area (Å²) in [5.74, 6) is -2.67. The summed E-state index contributed by atoms with van der Waals surface area (Å²) < 4.78 is 65.4. The molecule has 166 valence electrons. The number of benzene rings is 2. The van der Waals surface area contributed by atoms with E-state index in [1.54, 1.807) is 0 Å². The van der Waals surface area contributed by atoms with Gasteiger partial charge in [-0.2, -0.15) is 13.2 Å². The summed E-state index contributed by atoms with van der Waals surface area (Å²) in [6.45, 7) is 0.809. The topological polar surface area (TPSA) is 61.4 Å². The molecule has 5 nitrogen and oxygen atoms in total. The molecule has 0 aliphatic carbocycles. The lowest BCUT2D eigenvalue weighted by Gasteiger charge is -2.33. The fourth-order valence-electron chi connectivity index (χ4n) is 3.45. The van der Waals surface area contributed by atoms with Gasteiger partial charge in [0.2, 0.25) is 0 Å². The smallest absolute Gasteiger partial charge is 0.338 e. The van der Waals surface area contributed by atoms with Crippen LogP contribution in [0.3, 0.4) is 0 Å². The van der Waals surface area contributed by atoms with Crippen LogP contribution in [0.4, 0.5) is 32.4 Å². The molecule has 0 saturated carbocycles. The molecule has 1 atom stereocenters. The molecule has 31 heavy (non-hydrogen) atoms. The van der Waals surface area contributed by atoms with E-state index in [2.05, 4.69) is 10.6 Å². The van der Waals surface area contributed by atoms with Crippen molar-refractivity contribution in [1.82, 2.24) is 10.2 Å². The quantitative estimate of drug-likeness (QED) is 0.679. The lowest BCUT2D eigenvalue weighted by molar-refractivity contribution is -0.140. The minimum Gasteiger partial charge on any atom is -0.338 e. The molecule has 3 amide bonds. The number of nitrogens with zero attached hydrogens (tertiary/aromatic N) is 1. The minimum absolute atomic E-state index is 0.113. The molecule has 0 aromatic heterocycles. The highest BCUT2D eigenvalue weighted by atomic mass is 19.4. The normalized spacial score (nSPS) is 16.7. The third kappa shape index (κ3) is 5.93. The molecule has 2 aromatic carbocycles. The summed E-state index contributed by atoms with van der Waals surface area (Å²) in [5.41, 5.74) is -1.44. The van der Waals surface area contributed by atoms with E-state index in [1.807, 2.05) is 0 Å². The Morgan fingerprint density at radius 3 is 2.58 bits per heavy atom. The lowest BCUT2D eigenvalue weighted by atomic mass is 9.97. The van der Waals surface area contributed by atoms with Gasteiger partial charge in [0.05, 0.1) is 5.56 Å². The number of urea groups is 1. The van der Waals surface area contributed by atoms with Crippen LogP contribution in [-0.4, -0.2) is 36.5 Å². The molecule has 10 heteroatoms. The first-order valence-corrected chi connectivity index (χ1v) is 9.60. The number of likely N-dealkylation sites (tertiary alicyclic amines) is 1. The van der Waals surface area contributed by atoms with Gasteiger partial charge in [0.25, 0.3) is 5.91 Å². The Morgan fingerprint density at radius 1 is 1.10 bits per heavy atom. The maximum atomic E-state index is 13.5. The molecule has 2 N–H and O–H groups in total. The molecule has 1 saturated heterocycles. The third-order valence-electron chi connectivity index (χ3n) is 4.96. The average molecular weight is 441 g/mol. The van der Waals surface area contributed by atoms with Crippen LogP contribution >= 0.6 is 0 Å². The van der Waals surface area contributed by atoms with Crippen molar-refractivity contribution in [3.63, 3.8) is 0 Å². The molecule has 1 unspecified atom stereocenters. The number of anilines is 1. The predicted molar refractivity (Wildman–Crippen MR) is 103 cm³/mol. The zero-order valence-electron chi connectivity index (χ0n) is 16.3. The van der Waals surface area contributed by atoms with Gasteiger partial charge in [0.15, 0.2) is 0 Å². The van der Waals surface area contributed by atoms with Crippen LogP contribution < -0.4 is 10.6 Å². The molecule has 0 spiro atoms. The minimum atomic E-state index is -4.90.